The van der Waals surface area contributed by atoms with Gasteiger partial charge in [0, 0.05) is 5.92 Å². The largest absolute Gasteiger partial charge is 0.0998 e. The van der Waals surface area contributed by atoms with E-state index >= 15 is 0 Å². The second-order valence-corrected chi connectivity index (χ2v) is 6.35. The molecule has 21 heavy (non-hydrogen) atoms. The van der Waals surface area contributed by atoms with Crippen LogP contribution in [0.5, 0.6) is 0 Å². The molecule has 0 bridgehead atoms. The van der Waals surface area contributed by atoms with Gasteiger partial charge in [-0.25, -0.2) is 0 Å². The highest BCUT2D eigenvalue weighted by molar-refractivity contribution is 5.34. The zero-order chi connectivity index (χ0) is 14.7. The van der Waals surface area contributed by atoms with Crippen molar-refractivity contribution >= 4 is 0 Å². The summed E-state index contributed by atoms with van der Waals surface area (Å²) in [6.07, 6.45) is 3.94. The van der Waals surface area contributed by atoms with Crippen molar-refractivity contribution in [2.75, 3.05) is 0 Å². The third-order valence-electron chi connectivity index (χ3n) is 4.95. The molecular formula is C21H24. The standard InChI is InChI=1S/C21H24/c1-16(2)19-14-9-15-20(19)21(17-10-5-3-6-11-17)18-12-7-4-8-13-18/h3-8,10-13,19-21H,1,9,14-15H2,2H3/t19-,20+/m0/s1. The fourth-order valence-electron chi connectivity index (χ4n) is 4.01. The fraction of sp³-hybridized carbons (Fsp3) is 0.333. The van der Waals surface area contributed by atoms with Crippen molar-refractivity contribution in [1.82, 2.24) is 0 Å². The molecule has 1 aliphatic carbocycles. The lowest BCUT2D eigenvalue weighted by Crippen LogP contribution is -2.19. The van der Waals surface area contributed by atoms with E-state index in [2.05, 4.69) is 74.2 Å². The molecule has 0 nitrogen and oxygen atoms in total. The number of rotatable bonds is 4. The first-order chi connectivity index (χ1) is 10.3. The van der Waals surface area contributed by atoms with E-state index in [-0.39, 0.29) is 0 Å². The lowest BCUT2D eigenvalue weighted by Gasteiger charge is -2.30. The molecule has 0 N–H and O–H groups in total. The molecule has 1 aliphatic rings. The molecule has 0 heterocycles. The van der Waals surface area contributed by atoms with Crippen molar-refractivity contribution in [1.29, 1.82) is 0 Å². The molecule has 0 unspecified atom stereocenters. The van der Waals surface area contributed by atoms with Crippen LogP contribution in [0.25, 0.3) is 0 Å². The van der Waals surface area contributed by atoms with Crippen LogP contribution in [0.4, 0.5) is 0 Å². The Morgan fingerprint density at radius 1 is 0.905 bits per heavy atom. The fourth-order valence-corrected chi connectivity index (χ4v) is 4.01. The van der Waals surface area contributed by atoms with Crippen LogP contribution in [0.1, 0.15) is 43.2 Å². The van der Waals surface area contributed by atoms with Crippen molar-refractivity contribution in [3.8, 4) is 0 Å². The summed E-state index contributed by atoms with van der Waals surface area (Å²) in [6, 6.07) is 22.0. The molecule has 0 aliphatic heterocycles. The summed E-state index contributed by atoms with van der Waals surface area (Å²) < 4.78 is 0. The topological polar surface area (TPSA) is 0 Å². The Labute approximate surface area is 128 Å². The first-order valence-corrected chi connectivity index (χ1v) is 8.02. The molecule has 2 atom stereocenters. The Morgan fingerprint density at radius 3 is 1.90 bits per heavy atom. The van der Waals surface area contributed by atoms with Crippen LogP contribution in [-0.2, 0) is 0 Å². The molecule has 3 rings (SSSR count). The smallest absolute Gasteiger partial charge is 0.0123 e. The Morgan fingerprint density at radius 2 is 1.43 bits per heavy atom. The number of hydrogen-bond donors (Lipinski definition) is 0. The predicted octanol–water partition coefficient (Wildman–Crippen LogP) is 5.81. The Hall–Kier alpha value is -1.82. The van der Waals surface area contributed by atoms with Crippen molar-refractivity contribution in [2.24, 2.45) is 11.8 Å². The lowest BCUT2D eigenvalue weighted by molar-refractivity contribution is 0.395. The molecule has 1 fully saturated rings. The van der Waals surface area contributed by atoms with Gasteiger partial charge in [-0.15, -0.1) is 0 Å². The van der Waals surface area contributed by atoms with Crippen LogP contribution in [-0.4, -0.2) is 0 Å². The highest BCUT2D eigenvalue weighted by Crippen LogP contribution is 2.47. The first kappa shape index (κ1) is 14.1. The van der Waals surface area contributed by atoms with Gasteiger partial charge in [0.25, 0.3) is 0 Å². The zero-order valence-electron chi connectivity index (χ0n) is 12.8. The van der Waals surface area contributed by atoms with E-state index in [0.29, 0.717) is 17.8 Å². The third-order valence-corrected chi connectivity index (χ3v) is 4.95. The molecule has 0 radical (unpaired) electrons. The van der Waals surface area contributed by atoms with E-state index in [4.69, 9.17) is 0 Å². The molecule has 0 aromatic heterocycles. The molecule has 2 aromatic carbocycles. The van der Waals surface area contributed by atoms with E-state index in [1.165, 1.54) is 36.0 Å². The molecule has 0 spiro atoms. The van der Waals surface area contributed by atoms with Crippen LogP contribution >= 0.6 is 0 Å². The van der Waals surface area contributed by atoms with Gasteiger partial charge >= 0.3 is 0 Å². The lowest BCUT2D eigenvalue weighted by atomic mass is 9.74. The van der Waals surface area contributed by atoms with Crippen molar-refractivity contribution in [2.45, 2.75) is 32.1 Å². The Bertz CT molecular complexity index is 542. The van der Waals surface area contributed by atoms with Gasteiger partial charge in [0.05, 0.1) is 0 Å². The summed E-state index contributed by atoms with van der Waals surface area (Å²) in [7, 11) is 0. The van der Waals surface area contributed by atoms with Gasteiger partial charge in [0.2, 0.25) is 0 Å². The second kappa shape index (κ2) is 6.30. The molecule has 108 valence electrons. The number of allylic oxidation sites excluding steroid dienone is 1. The van der Waals surface area contributed by atoms with Crippen LogP contribution in [0, 0.1) is 11.8 Å². The highest BCUT2D eigenvalue weighted by atomic mass is 14.4. The maximum Gasteiger partial charge on any atom is 0.0123 e. The molecule has 0 saturated heterocycles. The van der Waals surface area contributed by atoms with E-state index in [1.807, 2.05) is 0 Å². The van der Waals surface area contributed by atoms with E-state index < -0.39 is 0 Å². The van der Waals surface area contributed by atoms with Gasteiger partial charge in [-0.3, -0.25) is 0 Å². The Kier molecular flexibility index (Phi) is 4.24. The molecular weight excluding hydrogens is 252 g/mol. The zero-order valence-corrected chi connectivity index (χ0v) is 12.8. The predicted molar refractivity (Wildman–Crippen MR) is 90.4 cm³/mol. The molecule has 1 saturated carbocycles. The summed E-state index contributed by atoms with van der Waals surface area (Å²) in [5.41, 5.74) is 4.25. The van der Waals surface area contributed by atoms with Crippen molar-refractivity contribution < 1.29 is 0 Å². The molecule has 0 heteroatoms. The van der Waals surface area contributed by atoms with Crippen LogP contribution in [0.2, 0.25) is 0 Å². The monoisotopic (exact) mass is 276 g/mol. The minimum Gasteiger partial charge on any atom is -0.0998 e. The van der Waals surface area contributed by atoms with Gasteiger partial charge in [-0.2, -0.15) is 0 Å². The summed E-state index contributed by atoms with van der Waals surface area (Å²) in [5.74, 6) is 1.85. The van der Waals surface area contributed by atoms with Gasteiger partial charge < -0.3 is 0 Å². The van der Waals surface area contributed by atoms with Gasteiger partial charge in [0.15, 0.2) is 0 Å². The summed E-state index contributed by atoms with van der Waals surface area (Å²) in [5, 5.41) is 0. The number of hydrogen-bond acceptors (Lipinski definition) is 0. The second-order valence-electron chi connectivity index (χ2n) is 6.35. The van der Waals surface area contributed by atoms with Gasteiger partial charge in [-0.05, 0) is 42.7 Å². The summed E-state index contributed by atoms with van der Waals surface area (Å²) in [4.78, 5) is 0. The minimum absolute atomic E-state index is 0.497. The van der Waals surface area contributed by atoms with Crippen LogP contribution in [0.15, 0.2) is 72.8 Å². The highest BCUT2D eigenvalue weighted by Gasteiger charge is 2.35. The molecule has 0 amide bonds. The number of benzene rings is 2. The SMILES string of the molecule is C=C(C)[C@@H]1CCC[C@H]1C(c1ccccc1)c1ccccc1. The minimum atomic E-state index is 0.497. The van der Waals surface area contributed by atoms with E-state index in [0.717, 1.165) is 0 Å². The molecule has 2 aromatic rings. The van der Waals surface area contributed by atoms with E-state index in [9.17, 15) is 0 Å². The Balaban J connectivity index is 2.03. The maximum atomic E-state index is 4.26. The maximum absolute atomic E-state index is 4.26. The van der Waals surface area contributed by atoms with Crippen LogP contribution in [0.3, 0.4) is 0 Å². The van der Waals surface area contributed by atoms with Crippen molar-refractivity contribution in [3.05, 3.63) is 83.9 Å². The van der Waals surface area contributed by atoms with Gasteiger partial charge in [-0.1, -0.05) is 79.2 Å². The summed E-state index contributed by atoms with van der Waals surface area (Å²) in [6.45, 7) is 6.46. The quantitative estimate of drug-likeness (QED) is 0.618. The summed E-state index contributed by atoms with van der Waals surface area (Å²) >= 11 is 0. The normalized spacial score (nSPS) is 21.6. The third kappa shape index (κ3) is 2.95. The average molecular weight is 276 g/mol. The van der Waals surface area contributed by atoms with Crippen molar-refractivity contribution in [3.63, 3.8) is 0 Å². The van der Waals surface area contributed by atoms with E-state index in [1.54, 1.807) is 0 Å². The van der Waals surface area contributed by atoms with Gasteiger partial charge in [0.1, 0.15) is 0 Å². The van der Waals surface area contributed by atoms with Crippen LogP contribution < -0.4 is 0 Å². The first-order valence-electron chi connectivity index (χ1n) is 8.02. The average Bonchev–Trinajstić information content (AvgIpc) is 2.99.